The van der Waals surface area contributed by atoms with Crippen molar-refractivity contribution < 1.29 is 47.8 Å². The monoisotopic (exact) mass is 1140 g/mol. The van der Waals surface area contributed by atoms with E-state index in [1.165, 1.54) is 16.8 Å². The van der Waals surface area contributed by atoms with Gasteiger partial charge in [-0.05, 0) is 103 Å². The van der Waals surface area contributed by atoms with Crippen LogP contribution in [0.4, 0.5) is 4.79 Å². The summed E-state index contributed by atoms with van der Waals surface area (Å²) in [7, 11) is 3.04. The third-order valence-electron chi connectivity index (χ3n) is 16.0. The number of ether oxygens (including phenoxy) is 3. The number of benzene rings is 5. The molecule has 0 spiro atoms. The van der Waals surface area contributed by atoms with Crippen molar-refractivity contribution in [3.8, 4) is 11.5 Å². The second-order valence-electron chi connectivity index (χ2n) is 21.9. The number of amides is 7. The molecule has 9 rings (SSSR count). The van der Waals surface area contributed by atoms with Gasteiger partial charge in [0.2, 0.25) is 35.4 Å². The fourth-order valence-electron chi connectivity index (χ4n) is 11.4. The molecule has 20 nitrogen and oxygen atoms in total. The summed E-state index contributed by atoms with van der Waals surface area (Å²) in [5, 5.41) is 18.7. The maximum atomic E-state index is 15.7. The number of fused-ring (bicyclic) bond motifs is 2. The lowest BCUT2D eigenvalue weighted by atomic mass is 9.90. The topological polar surface area (TPSA) is 268 Å². The number of rotatable bonds is 18. The fraction of sp³-hybridized carbons (Fsp3) is 0.391. The van der Waals surface area contributed by atoms with E-state index in [0.717, 1.165) is 16.6 Å². The molecule has 7 atom stereocenters. The molecule has 1 aromatic heterocycles. The Bertz CT molecular complexity index is 3200. The summed E-state index contributed by atoms with van der Waals surface area (Å²) in [6, 6.07) is 33.2. The zero-order chi connectivity index (χ0) is 59.0. The zero-order valence-corrected chi connectivity index (χ0v) is 47.6. The minimum Gasteiger partial charge on any atom is -0.496 e. The number of likely N-dealkylation sites (N-methyl/N-ethyl adjacent to an activating group) is 1. The Morgan fingerprint density at radius 3 is 1.96 bits per heavy atom. The number of carbonyl (C=O) groups is 7. The number of aryl methyl sites for hydroxylation is 1. The van der Waals surface area contributed by atoms with Crippen LogP contribution in [-0.4, -0.2) is 146 Å². The van der Waals surface area contributed by atoms with E-state index in [0.29, 0.717) is 72.5 Å². The first-order valence-corrected chi connectivity index (χ1v) is 28.9. The molecule has 9 N–H and O–H groups in total. The van der Waals surface area contributed by atoms with E-state index in [2.05, 4.69) is 36.9 Å². The van der Waals surface area contributed by atoms with Gasteiger partial charge in [0.15, 0.2) is 0 Å². The van der Waals surface area contributed by atoms with Gasteiger partial charge in [0.05, 0.1) is 13.7 Å². The molecule has 0 bridgehead atoms. The second kappa shape index (κ2) is 29.0. The summed E-state index contributed by atoms with van der Waals surface area (Å²) in [6.45, 7) is 1.73. The van der Waals surface area contributed by atoms with Crippen molar-refractivity contribution in [2.24, 2.45) is 11.7 Å². The predicted octanol–water partition coefficient (Wildman–Crippen LogP) is 4.24. The number of nitrogens with one attached hydrogen (secondary N) is 7. The number of H-pyrrole nitrogens is 1. The number of hydrogen-bond acceptors (Lipinski definition) is 12. The Balaban J connectivity index is 1.13. The first-order valence-electron chi connectivity index (χ1n) is 28.9. The highest BCUT2D eigenvalue weighted by atomic mass is 16.6. The molecule has 4 heterocycles. The van der Waals surface area contributed by atoms with Gasteiger partial charge in [-0.1, -0.05) is 109 Å². The molecule has 5 aromatic carbocycles. The van der Waals surface area contributed by atoms with Gasteiger partial charge >= 0.3 is 6.09 Å². The Hall–Kier alpha value is -8.75. The van der Waals surface area contributed by atoms with E-state index in [1.54, 1.807) is 31.5 Å². The van der Waals surface area contributed by atoms with Gasteiger partial charge in [0.25, 0.3) is 0 Å². The van der Waals surface area contributed by atoms with Gasteiger partial charge in [-0.15, -0.1) is 0 Å². The number of hydrogen-bond donors (Lipinski definition) is 8. The highest BCUT2D eigenvalue weighted by molar-refractivity contribution is 5.99. The molecule has 3 aliphatic heterocycles. The van der Waals surface area contributed by atoms with Gasteiger partial charge < -0.3 is 66.6 Å². The maximum absolute atomic E-state index is 15.7. The average Bonchev–Trinajstić information content (AvgIpc) is 3.87. The lowest BCUT2D eigenvalue weighted by Gasteiger charge is -2.36. The standard InChI is InChI=1S/C64H76N10O10/c1-73-55(35-42-15-8-4-9-16-42)63(80)74-39-48(84-64(81)67-32-29-65)37-54(74)61(78)69-50(26-23-41-13-6-3-7-14-41)58(75)71-52(36-46-38-68-49-19-12-20-56(82-2)57(46)49)60(77)70-51(33-44-27-30-66-31-28-44)59(76)72-53(62(73)79)34-43-21-24-47(25-22-43)83-40-45-17-10-5-11-18-45/h3-22,24-25,38,44,48,50-55,66,68H,23,26-37,39-40,65H2,1-2H3,(H,67,81)(H,69,78)(H,70,77)(H,71,75)(H,72,76)/t48-,50+,51?,52-,53+,54+,55+/m1/s1. The van der Waals surface area contributed by atoms with E-state index in [4.69, 9.17) is 19.9 Å². The SMILES string of the molecule is COc1cccc2[nH]cc(C[C@H]3NC(=O)[C@H](CCc4ccccc4)NC(=O)[C@@H]4C[C@@H](OC(=O)NCCN)CN4C(=O)[C@H](Cc4ccccc4)N(C)C(=O)[C@H](Cc4ccc(OCc5ccccc5)cc4)NC(=O)C(CC4CCNCC4)NC3=O)c12. The van der Waals surface area contributed by atoms with Crippen LogP contribution in [0.15, 0.2) is 140 Å². The Labute approximate surface area is 489 Å². The normalized spacial score (nSPS) is 22.2. The average molecular weight is 1150 g/mol. The molecule has 7 amide bonds. The molecule has 0 aliphatic carbocycles. The van der Waals surface area contributed by atoms with E-state index in [1.807, 2.05) is 115 Å². The van der Waals surface area contributed by atoms with Crippen molar-refractivity contribution in [3.05, 3.63) is 167 Å². The quantitative estimate of drug-likeness (QED) is 0.0601. The van der Waals surface area contributed by atoms with Gasteiger partial charge in [0, 0.05) is 62.9 Å². The summed E-state index contributed by atoms with van der Waals surface area (Å²) in [5.74, 6) is -2.88. The Morgan fingerprint density at radius 2 is 1.27 bits per heavy atom. The first kappa shape index (κ1) is 59.9. The Kier molecular flexibility index (Phi) is 20.7. The number of nitrogens with two attached hydrogens (primary N) is 1. The van der Waals surface area contributed by atoms with Gasteiger partial charge in [-0.2, -0.15) is 0 Å². The molecule has 20 heteroatoms. The van der Waals surface area contributed by atoms with Crippen LogP contribution in [0.25, 0.3) is 10.9 Å². The van der Waals surface area contributed by atoms with Crippen molar-refractivity contribution in [3.63, 3.8) is 0 Å². The molecule has 6 aromatic rings. The van der Waals surface area contributed by atoms with E-state index in [9.17, 15) is 4.79 Å². The van der Waals surface area contributed by atoms with Crippen molar-refractivity contribution in [2.45, 2.75) is 107 Å². The van der Waals surface area contributed by atoms with Crippen molar-refractivity contribution in [2.75, 3.05) is 46.9 Å². The van der Waals surface area contributed by atoms with Crippen LogP contribution in [0.2, 0.25) is 0 Å². The van der Waals surface area contributed by atoms with E-state index >= 15 is 28.8 Å². The molecule has 442 valence electrons. The van der Waals surface area contributed by atoms with Crippen LogP contribution < -0.4 is 47.1 Å². The number of aromatic amines is 1. The number of nitrogens with zero attached hydrogens (tertiary/aromatic N) is 2. The summed E-state index contributed by atoms with van der Waals surface area (Å²) in [4.78, 5) is 111. The van der Waals surface area contributed by atoms with Crippen LogP contribution >= 0.6 is 0 Å². The summed E-state index contributed by atoms with van der Waals surface area (Å²) < 4.78 is 17.7. The number of aromatic nitrogens is 1. The van der Waals surface area contributed by atoms with Crippen LogP contribution in [0.5, 0.6) is 11.5 Å². The molecule has 3 fully saturated rings. The van der Waals surface area contributed by atoms with Crippen LogP contribution in [0, 0.1) is 5.92 Å². The third-order valence-corrected chi connectivity index (χ3v) is 16.0. The fourth-order valence-corrected chi connectivity index (χ4v) is 11.4. The Morgan fingerprint density at radius 1 is 0.655 bits per heavy atom. The van der Waals surface area contributed by atoms with E-state index < -0.39 is 83.9 Å². The van der Waals surface area contributed by atoms with Crippen LogP contribution in [0.3, 0.4) is 0 Å². The van der Waals surface area contributed by atoms with Crippen molar-refractivity contribution in [1.29, 1.82) is 0 Å². The van der Waals surface area contributed by atoms with Crippen LogP contribution in [0.1, 0.15) is 59.9 Å². The smallest absolute Gasteiger partial charge is 0.407 e. The zero-order valence-electron chi connectivity index (χ0n) is 47.6. The van der Waals surface area contributed by atoms with Gasteiger partial charge in [-0.25, -0.2) is 4.79 Å². The molecule has 0 saturated carbocycles. The highest BCUT2D eigenvalue weighted by Crippen LogP contribution is 2.31. The lowest BCUT2D eigenvalue weighted by Crippen LogP contribution is -2.62. The lowest BCUT2D eigenvalue weighted by molar-refractivity contribution is -0.149. The molecule has 84 heavy (non-hydrogen) atoms. The molecule has 1 unspecified atom stereocenters. The van der Waals surface area contributed by atoms with Gasteiger partial charge in [0.1, 0.15) is 60.5 Å². The minimum atomic E-state index is -1.33. The van der Waals surface area contributed by atoms with E-state index in [-0.39, 0.29) is 64.1 Å². The molecule has 3 aliphatic rings. The van der Waals surface area contributed by atoms with Gasteiger partial charge in [-0.3, -0.25) is 28.8 Å². The number of piperidine rings is 1. The van der Waals surface area contributed by atoms with Crippen molar-refractivity contribution in [1.82, 2.24) is 46.7 Å². The third kappa shape index (κ3) is 15.7. The molecular formula is C64H76N10O10. The first-order chi connectivity index (χ1) is 40.8. The van der Waals surface area contributed by atoms with Crippen molar-refractivity contribution >= 4 is 52.4 Å². The second-order valence-corrected chi connectivity index (χ2v) is 21.9. The minimum absolute atomic E-state index is 0.00950. The predicted molar refractivity (Wildman–Crippen MR) is 316 cm³/mol. The highest BCUT2D eigenvalue weighted by Gasteiger charge is 2.46. The largest absolute Gasteiger partial charge is 0.496 e. The summed E-state index contributed by atoms with van der Waals surface area (Å²) in [6.07, 6.45) is 1.68. The summed E-state index contributed by atoms with van der Waals surface area (Å²) in [5.41, 5.74) is 10.2. The molecule has 0 radical (unpaired) electrons. The maximum Gasteiger partial charge on any atom is 0.407 e. The number of carbonyl (C=O) groups excluding carboxylic acids is 7. The summed E-state index contributed by atoms with van der Waals surface area (Å²) >= 11 is 0. The molecule has 3 saturated heterocycles. The number of alkyl carbamates (subject to hydrolysis) is 1. The number of methoxy groups -OCH3 is 1. The van der Waals surface area contributed by atoms with Crippen LogP contribution in [-0.2, 0) is 65.8 Å². The molecular weight excluding hydrogens is 1070 g/mol.